The molecule has 12 heteroatoms. The zero-order valence-corrected chi connectivity index (χ0v) is 21.1. The molecule has 0 fully saturated rings. The standard InChI is InChI=1S/C21H30N4O6S2/c1-15(2)25(5)33(29,30)17-9-7-16(8-10-17)22-14-21(26)23-19-13-18(11-12-20(19)31-6)32(27,28)24(3)4/h7-13,15,22H,14H2,1-6H3,(H,23,26). The van der Waals surface area contributed by atoms with Crippen molar-refractivity contribution in [1.82, 2.24) is 8.61 Å². The number of rotatable bonds is 10. The molecule has 0 atom stereocenters. The summed E-state index contributed by atoms with van der Waals surface area (Å²) in [5, 5.41) is 5.54. The van der Waals surface area contributed by atoms with Crippen LogP contribution in [0, 0.1) is 0 Å². The fraction of sp³-hybridized carbons (Fsp3) is 0.381. The molecule has 0 aliphatic rings. The Morgan fingerprint density at radius 3 is 2.03 bits per heavy atom. The van der Waals surface area contributed by atoms with Crippen LogP contribution in [0.4, 0.5) is 11.4 Å². The number of ether oxygens (including phenoxy) is 1. The van der Waals surface area contributed by atoms with E-state index in [9.17, 15) is 21.6 Å². The van der Waals surface area contributed by atoms with Crippen molar-refractivity contribution < 1.29 is 26.4 Å². The summed E-state index contributed by atoms with van der Waals surface area (Å²) in [6.45, 7) is 3.44. The van der Waals surface area contributed by atoms with Gasteiger partial charge in [-0.15, -0.1) is 0 Å². The number of carbonyl (C=O) groups is 1. The Balaban J connectivity index is 2.10. The Labute approximate surface area is 195 Å². The van der Waals surface area contributed by atoms with Gasteiger partial charge in [0.1, 0.15) is 5.75 Å². The Morgan fingerprint density at radius 2 is 1.52 bits per heavy atom. The van der Waals surface area contributed by atoms with Crippen molar-refractivity contribution in [2.75, 3.05) is 45.4 Å². The van der Waals surface area contributed by atoms with Gasteiger partial charge in [0, 0.05) is 32.9 Å². The Hall–Kier alpha value is -2.67. The van der Waals surface area contributed by atoms with Gasteiger partial charge in [-0.1, -0.05) is 0 Å². The molecule has 0 saturated heterocycles. The lowest BCUT2D eigenvalue weighted by Crippen LogP contribution is -2.33. The highest BCUT2D eigenvalue weighted by molar-refractivity contribution is 7.89. The van der Waals surface area contributed by atoms with E-state index in [0.717, 1.165) is 4.31 Å². The summed E-state index contributed by atoms with van der Waals surface area (Å²) in [4.78, 5) is 12.6. The van der Waals surface area contributed by atoms with Gasteiger partial charge in [0.15, 0.2) is 0 Å². The van der Waals surface area contributed by atoms with Gasteiger partial charge in [0.2, 0.25) is 26.0 Å². The van der Waals surface area contributed by atoms with Gasteiger partial charge in [-0.2, -0.15) is 4.31 Å². The Kier molecular flexibility index (Phi) is 8.46. The number of methoxy groups -OCH3 is 1. The predicted molar refractivity (Wildman–Crippen MR) is 128 cm³/mol. The van der Waals surface area contributed by atoms with Crippen LogP contribution in [-0.4, -0.2) is 72.2 Å². The van der Waals surface area contributed by atoms with Crippen molar-refractivity contribution in [3.05, 3.63) is 42.5 Å². The second kappa shape index (κ2) is 10.5. The first-order valence-corrected chi connectivity index (χ1v) is 12.9. The SMILES string of the molecule is COc1ccc(S(=O)(=O)N(C)C)cc1NC(=O)CNc1ccc(S(=O)(=O)N(C)C(C)C)cc1. The first-order valence-electron chi connectivity index (χ1n) is 10.0. The minimum absolute atomic E-state index is 0.0136. The fourth-order valence-corrected chi connectivity index (χ4v) is 5.02. The molecule has 2 aromatic carbocycles. The van der Waals surface area contributed by atoms with Crippen LogP contribution < -0.4 is 15.4 Å². The number of amides is 1. The molecule has 2 N–H and O–H groups in total. The molecule has 182 valence electrons. The van der Waals surface area contributed by atoms with E-state index in [2.05, 4.69) is 10.6 Å². The van der Waals surface area contributed by atoms with Crippen LogP contribution in [0.2, 0.25) is 0 Å². The third kappa shape index (κ3) is 6.22. The number of hydrogen-bond acceptors (Lipinski definition) is 7. The number of nitrogens with zero attached hydrogens (tertiary/aromatic N) is 2. The number of carbonyl (C=O) groups excluding carboxylic acids is 1. The molecular formula is C21H30N4O6S2. The molecule has 0 saturated carbocycles. The monoisotopic (exact) mass is 498 g/mol. The molecule has 1 amide bonds. The van der Waals surface area contributed by atoms with E-state index in [1.807, 2.05) is 0 Å². The van der Waals surface area contributed by atoms with Crippen LogP contribution >= 0.6 is 0 Å². The zero-order valence-electron chi connectivity index (χ0n) is 19.5. The van der Waals surface area contributed by atoms with E-state index in [0.29, 0.717) is 11.4 Å². The molecule has 0 aromatic heterocycles. The quantitative estimate of drug-likeness (QED) is 0.513. The minimum atomic E-state index is -3.68. The summed E-state index contributed by atoms with van der Waals surface area (Å²) in [5.41, 5.74) is 0.762. The smallest absolute Gasteiger partial charge is 0.243 e. The van der Waals surface area contributed by atoms with E-state index < -0.39 is 26.0 Å². The lowest BCUT2D eigenvalue weighted by Gasteiger charge is -2.21. The zero-order chi connectivity index (χ0) is 25.0. The predicted octanol–water partition coefficient (Wildman–Crippen LogP) is 2.03. The molecule has 10 nitrogen and oxygen atoms in total. The van der Waals surface area contributed by atoms with Crippen molar-refractivity contribution in [1.29, 1.82) is 0 Å². The average Bonchev–Trinajstić information content (AvgIpc) is 2.77. The van der Waals surface area contributed by atoms with Crippen molar-refractivity contribution in [2.45, 2.75) is 29.7 Å². The van der Waals surface area contributed by atoms with Crippen LogP contribution in [-0.2, 0) is 24.8 Å². The maximum Gasteiger partial charge on any atom is 0.243 e. The first kappa shape index (κ1) is 26.6. The molecule has 0 unspecified atom stereocenters. The first-order chi connectivity index (χ1) is 15.3. The van der Waals surface area contributed by atoms with Crippen molar-refractivity contribution in [3.63, 3.8) is 0 Å². The van der Waals surface area contributed by atoms with Gasteiger partial charge in [-0.25, -0.2) is 21.1 Å². The van der Waals surface area contributed by atoms with Crippen molar-refractivity contribution >= 4 is 37.3 Å². The van der Waals surface area contributed by atoms with Gasteiger partial charge in [-0.05, 0) is 56.3 Å². The molecule has 0 radical (unpaired) electrons. The van der Waals surface area contributed by atoms with Crippen molar-refractivity contribution in [3.8, 4) is 5.75 Å². The molecule has 0 spiro atoms. The Morgan fingerprint density at radius 1 is 0.939 bits per heavy atom. The summed E-state index contributed by atoms with van der Waals surface area (Å²) in [6.07, 6.45) is 0. The normalized spacial score (nSPS) is 12.3. The second-order valence-electron chi connectivity index (χ2n) is 7.69. The van der Waals surface area contributed by atoms with Gasteiger partial charge < -0.3 is 15.4 Å². The third-order valence-electron chi connectivity index (χ3n) is 4.94. The lowest BCUT2D eigenvalue weighted by atomic mass is 10.3. The molecule has 0 aliphatic heterocycles. The summed E-state index contributed by atoms with van der Waals surface area (Å²) in [7, 11) is -1.52. The highest BCUT2D eigenvalue weighted by Gasteiger charge is 2.23. The van der Waals surface area contributed by atoms with Crippen LogP contribution in [0.25, 0.3) is 0 Å². The summed E-state index contributed by atoms with van der Waals surface area (Å²) < 4.78 is 57.4. The maximum atomic E-state index is 12.5. The van der Waals surface area contributed by atoms with Crippen LogP contribution in [0.5, 0.6) is 5.75 Å². The van der Waals surface area contributed by atoms with Gasteiger partial charge in [0.05, 0.1) is 29.1 Å². The van der Waals surface area contributed by atoms with Gasteiger partial charge in [0.25, 0.3) is 0 Å². The number of hydrogen-bond donors (Lipinski definition) is 2. The van der Waals surface area contributed by atoms with E-state index in [1.54, 1.807) is 26.0 Å². The average molecular weight is 499 g/mol. The third-order valence-corrected chi connectivity index (χ3v) is 8.79. The highest BCUT2D eigenvalue weighted by Crippen LogP contribution is 2.28. The van der Waals surface area contributed by atoms with E-state index in [-0.39, 0.29) is 28.1 Å². The van der Waals surface area contributed by atoms with E-state index in [4.69, 9.17) is 4.74 Å². The number of anilines is 2. The molecule has 0 heterocycles. The van der Waals surface area contributed by atoms with Gasteiger partial charge in [-0.3, -0.25) is 4.79 Å². The molecule has 0 bridgehead atoms. The lowest BCUT2D eigenvalue weighted by molar-refractivity contribution is -0.114. The molecule has 33 heavy (non-hydrogen) atoms. The molecule has 2 rings (SSSR count). The summed E-state index contributed by atoms with van der Waals surface area (Å²) in [6, 6.07) is 10.1. The fourth-order valence-electron chi connectivity index (χ4n) is 2.72. The molecular weight excluding hydrogens is 468 g/mol. The second-order valence-corrected chi connectivity index (χ2v) is 11.8. The number of benzene rings is 2. The van der Waals surface area contributed by atoms with Crippen LogP contribution in [0.3, 0.4) is 0 Å². The topological polar surface area (TPSA) is 125 Å². The minimum Gasteiger partial charge on any atom is -0.495 e. The van der Waals surface area contributed by atoms with E-state index >= 15 is 0 Å². The van der Waals surface area contributed by atoms with Gasteiger partial charge >= 0.3 is 0 Å². The Bertz CT molecular complexity index is 1190. The number of nitrogens with one attached hydrogen (secondary N) is 2. The highest BCUT2D eigenvalue weighted by atomic mass is 32.2. The van der Waals surface area contributed by atoms with Crippen LogP contribution in [0.15, 0.2) is 52.3 Å². The van der Waals surface area contributed by atoms with Crippen molar-refractivity contribution in [2.24, 2.45) is 0 Å². The van der Waals surface area contributed by atoms with E-state index in [1.165, 1.54) is 62.9 Å². The molecule has 2 aromatic rings. The van der Waals surface area contributed by atoms with Crippen LogP contribution in [0.1, 0.15) is 13.8 Å². The largest absolute Gasteiger partial charge is 0.495 e. The summed E-state index contributed by atoms with van der Waals surface area (Å²) >= 11 is 0. The summed E-state index contributed by atoms with van der Waals surface area (Å²) in [5.74, 6) is -0.131. The molecule has 0 aliphatic carbocycles. The maximum absolute atomic E-state index is 12.5. The number of sulfonamides is 2.